The molecule has 0 N–H and O–H groups in total. The number of fused-ring (bicyclic) bond motifs is 1. The fourth-order valence-corrected chi connectivity index (χ4v) is 2.35. The third-order valence-electron chi connectivity index (χ3n) is 2.65. The lowest BCUT2D eigenvalue weighted by atomic mass is 10.1. The summed E-state index contributed by atoms with van der Waals surface area (Å²) in [5.41, 5.74) is 0.621. The van der Waals surface area contributed by atoms with E-state index in [1.807, 2.05) is 36.4 Å². The number of hydrogen-bond acceptors (Lipinski definition) is 4. The van der Waals surface area contributed by atoms with Gasteiger partial charge in [-0.2, -0.15) is 0 Å². The molecule has 0 saturated carbocycles. The summed E-state index contributed by atoms with van der Waals surface area (Å²) in [5.74, 6) is 0.0424. The maximum absolute atomic E-state index is 12.0. The number of rotatable bonds is 4. The fourth-order valence-electron chi connectivity index (χ4n) is 1.73. The molecule has 0 aliphatic heterocycles. The number of ether oxygens (including phenoxy) is 1. The average Bonchev–Trinajstić information content (AvgIpc) is 2.44. The van der Waals surface area contributed by atoms with Gasteiger partial charge in [0.05, 0.1) is 12.4 Å². The molecule has 0 amide bonds. The van der Waals surface area contributed by atoms with Gasteiger partial charge in [-0.25, -0.2) is 4.79 Å². The molecule has 2 aromatic rings. The van der Waals surface area contributed by atoms with E-state index in [0.717, 1.165) is 22.5 Å². The quantitative estimate of drug-likeness (QED) is 0.626. The largest absolute Gasteiger partial charge is 0.458 e. The van der Waals surface area contributed by atoms with Gasteiger partial charge in [0.2, 0.25) is 0 Å². The molecule has 0 unspecified atom stereocenters. The first-order chi connectivity index (χ1) is 9.20. The predicted molar refractivity (Wildman–Crippen MR) is 77.8 cm³/mol. The zero-order chi connectivity index (χ0) is 13.7. The van der Waals surface area contributed by atoms with Crippen LogP contribution in [0.3, 0.4) is 0 Å². The van der Waals surface area contributed by atoms with Gasteiger partial charge < -0.3 is 4.74 Å². The molecule has 0 aliphatic carbocycles. The Hall–Kier alpha value is -1.81. The minimum absolute atomic E-state index is 0.0659. The molecule has 0 aliphatic rings. The number of hydrogen-bond donors (Lipinski definition) is 0. The van der Waals surface area contributed by atoms with Crippen molar-refractivity contribution < 1.29 is 14.3 Å². The minimum Gasteiger partial charge on any atom is -0.458 e. The molecule has 3 nitrogen and oxygen atoms in total. The van der Waals surface area contributed by atoms with E-state index < -0.39 is 5.30 Å². The third kappa shape index (κ3) is 3.58. The second-order valence-electron chi connectivity index (χ2n) is 3.96. The normalized spacial score (nSPS) is 10.4. The van der Waals surface area contributed by atoms with Crippen molar-refractivity contribution in [2.75, 3.05) is 12.4 Å². The molecule has 0 radical (unpaired) electrons. The molecule has 0 heterocycles. The van der Waals surface area contributed by atoms with Gasteiger partial charge in [0.15, 0.2) is 5.78 Å². The monoisotopic (exact) mass is 274 g/mol. The average molecular weight is 274 g/mol. The molecule has 0 fully saturated rings. The van der Waals surface area contributed by atoms with Crippen LogP contribution in [-0.4, -0.2) is 23.4 Å². The second-order valence-corrected chi connectivity index (χ2v) is 4.87. The molecule has 4 heteroatoms. The van der Waals surface area contributed by atoms with Crippen molar-refractivity contribution in [1.29, 1.82) is 0 Å². The first-order valence-electron chi connectivity index (χ1n) is 6.02. The SMILES string of the molecule is CCOC(=O)SCC(=O)c1ccc2ccccc2c1. The second kappa shape index (κ2) is 6.38. The Labute approximate surface area is 115 Å². The minimum atomic E-state index is -0.406. The number of ketones is 1. The Morgan fingerprint density at radius 3 is 2.58 bits per heavy atom. The summed E-state index contributed by atoms with van der Waals surface area (Å²) in [4.78, 5) is 23.1. The van der Waals surface area contributed by atoms with Crippen LogP contribution >= 0.6 is 11.8 Å². The molecular formula is C15H14O3S. The number of carbonyl (C=O) groups is 2. The van der Waals surface area contributed by atoms with Crippen LogP contribution in [0, 0.1) is 0 Å². The van der Waals surface area contributed by atoms with Gasteiger partial charge in [-0.15, -0.1) is 0 Å². The number of benzene rings is 2. The Morgan fingerprint density at radius 2 is 1.84 bits per heavy atom. The van der Waals surface area contributed by atoms with Crippen molar-refractivity contribution in [2.45, 2.75) is 6.92 Å². The van der Waals surface area contributed by atoms with Crippen LogP contribution < -0.4 is 0 Å². The first-order valence-corrected chi connectivity index (χ1v) is 7.01. The molecule has 2 rings (SSSR count). The van der Waals surface area contributed by atoms with Gasteiger partial charge >= 0.3 is 5.30 Å². The Balaban J connectivity index is 2.07. The van der Waals surface area contributed by atoms with Gasteiger partial charge in [-0.05, 0) is 35.5 Å². The number of Topliss-reactive ketones (excluding diaryl/α,β-unsaturated/α-hetero) is 1. The van der Waals surface area contributed by atoms with Gasteiger partial charge in [0.1, 0.15) is 0 Å². The maximum Gasteiger partial charge on any atom is 0.367 e. The van der Waals surface area contributed by atoms with Crippen LogP contribution in [0.1, 0.15) is 17.3 Å². The van der Waals surface area contributed by atoms with Crippen LogP contribution in [0.5, 0.6) is 0 Å². The van der Waals surface area contributed by atoms with E-state index in [2.05, 4.69) is 0 Å². The van der Waals surface area contributed by atoms with Gasteiger partial charge in [-0.3, -0.25) is 4.79 Å². The molecular weight excluding hydrogens is 260 g/mol. The summed E-state index contributed by atoms with van der Waals surface area (Å²) in [7, 11) is 0. The zero-order valence-electron chi connectivity index (χ0n) is 10.6. The lowest BCUT2D eigenvalue weighted by molar-refractivity contribution is 0.102. The highest BCUT2D eigenvalue weighted by Crippen LogP contribution is 2.17. The zero-order valence-corrected chi connectivity index (χ0v) is 11.4. The van der Waals surface area contributed by atoms with Crippen LogP contribution in [0.25, 0.3) is 10.8 Å². The third-order valence-corrected chi connectivity index (χ3v) is 3.41. The molecule has 0 saturated heterocycles. The molecule has 0 aromatic heterocycles. The Bertz CT molecular complexity index is 607. The van der Waals surface area contributed by atoms with Crippen LogP contribution in [-0.2, 0) is 4.74 Å². The summed E-state index contributed by atoms with van der Waals surface area (Å²) in [6.45, 7) is 2.07. The summed E-state index contributed by atoms with van der Waals surface area (Å²) in [5, 5.41) is 1.71. The summed E-state index contributed by atoms with van der Waals surface area (Å²) in [6.07, 6.45) is 0. The molecule has 0 atom stereocenters. The lowest BCUT2D eigenvalue weighted by Gasteiger charge is -2.03. The van der Waals surface area contributed by atoms with Gasteiger partial charge in [0.25, 0.3) is 0 Å². The van der Waals surface area contributed by atoms with Crippen molar-refractivity contribution in [2.24, 2.45) is 0 Å². The van der Waals surface area contributed by atoms with Crippen LogP contribution in [0.15, 0.2) is 42.5 Å². The summed E-state index contributed by atoms with van der Waals surface area (Å²) in [6, 6.07) is 13.4. The van der Waals surface area contributed by atoms with Crippen molar-refractivity contribution in [3.63, 3.8) is 0 Å². The summed E-state index contributed by atoms with van der Waals surface area (Å²) >= 11 is 0.899. The Kier molecular flexibility index (Phi) is 4.58. The van der Waals surface area contributed by atoms with Gasteiger partial charge in [0, 0.05) is 5.56 Å². The van der Waals surface area contributed by atoms with Crippen LogP contribution in [0.4, 0.5) is 4.79 Å². The van der Waals surface area contributed by atoms with E-state index in [4.69, 9.17) is 4.74 Å². The van der Waals surface area contributed by atoms with Crippen molar-refractivity contribution in [3.05, 3.63) is 48.0 Å². The standard InChI is InChI=1S/C15H14O3S/c1-2-18-15(17)19-10-14(16)13-8-7-11-5-3-4-6-12(11)9-13/h3-9H,2,10H2,1H3. The molecule has 0 bridgehead atoms. The number of carbonyl (C=O) groups excluding carboxylic acids is 2. The Morgan fingerprint density at radius 1 is 1.11 bits per heavy atom. The highest BCUT2D eigenvalue weighted by Gasteiger charge is 2.10. The van der Waals surface area contributed by atoms with E-state index in [1.54, 1.807) is 13.0 Å². The van der Waals surface area contributed by atoms with Crippen molar-refractivity contribution >= 4 is 33.6 Å². The molecule has 2 aromatic carbocycles. The van der Waals surface area contributed by atoms with Crippen molar-refractivity contribution in [1.82, 2.24) is 0 Å². The van der Waals surface area contributed by atoms with Crippen molar-refractivity contribution in [3.8, 4) is 0 Å². The fraction of sp³-hybridized carbons (Fsp3) is 0.200. The first kappa shape index (κ1) is 13.6. The smallest absolute Gasteiger partial charge is 0.367 e. The van der Waals surface area contributed by atoms with Crippen LogP contribution in [0.2, 0.25) is 0 Å². The van der Waals surface area contributed by atoms with E-state index >= 15 is 0 Å². The number of thioether (sulfide) groups is 1. The summed E-state index contributed by atoms with van der Waals surface area (Å²) < 4.78 is 4.77. The lowest BCUT2D eigenvalue weighted by Crippen LogP contribution is -2.06. The van der Waals surface area contributed by atoms with E-state index in [0.29, 0.717) is 12.2 Å². The highest BCUT2D eigenvalue weighted by molar-refractivity contribution is 8.13. The molecule has 0 spiro atoms. The predicted octanol–water partition coefficient (Wildman–Crippen LogP) is 3.91. The van der Waals surface area contributed by atoms with E-state index in [1.165, 1.54) is 0 Å². The topological polar surface area (TPSA) is 43.4 Å². The maximum atomic E-state index is 12.0. The van der Waals surface area contributed by atoms with Gasteiger partial charge in [-0.1, -0.05) is 36.4 Å². The molecule has 98 valence electrons. The van der Waals surface area contributed by atoms with E-state index in [9.17, 15) is 9.59 Å². The molecule has 19 heavy (non-hydrogen) atoms. The van der Waals surface area contributed by atoms with E-state index in [-0.39, 0.29) is 11.5 Å². The highest BCUT2D eigenvalue weighted by atomic mass is 32.2.